The van der Waals surface area contributed by atoms with Gasteiger partial charge < -0.3 is 0 Å². The van der Waals surface area contributed by atoms with Gasteiger partial charge in [-0.15, -0.1) is 6.42 Å². The fraction of sp³-hybridized carbons (Fsp3) is 0.494. The fourth-order valence-corrected chi connectivity index (χ4v) is 7.51. The first-order valence-corrected chi connectivity index (χ1v) is 32.0. The highest BCUT2D eigenvalue weighted by atomic mass is 19.2. The van der Waals surface area contributed by atoms with Crippen molar-refractivity contribution in [2.75, 3.05) is 6.54 Å². The molecule has 7 aromatic heterocycles. The number of aliphatic imine (C=N–C) groups is 2. The lowest BCUT2D eigenvalue weighted by atomic mass is 9.87. The Kier molecular flexibility index (Phi) is 33.5. The zero-order chi connectivity index (χ0) is 75.6. The molecule has 0 saturated carbocycles. The van der Waals surface area contributed by atoms with Crippen molar-refractivity contribution in [1.82, 2.24) is 54.8 Å². The lowest BCUT2D eigenvalue weighted by Gasteiger charge is -2.18. The molecule has 0 aliphatic carbocycles. The molecule has 9 heterocycles. The summed E-state index contributed by atoms with van der Waals surface area (Å²) in [5.41, 5.74) is 5.40. The van der Waals surface area contributed by atoms with Crippen LogP contribution < -0.4 is 0 Å². The molecule has 0 radical (unpaired) electrons. The average Bonchev–Trinajstić information content (AvgIpc) is 1.91. The molecule has 0 atom stereocenters. The third kappa shape index (κ3) is 34.7. The van der Waals surface area contributed by atoms with Crippen LogP contribution in [0.1, 0.15) is 239 Å². The number of pyridine rings is 3. The van der Waals surface area contributed by atoms with Gasteiger partial charge in [-0.1, -0.05) is 217 Å². The molecule has 0 aromatic carbocycles. The summed E-state index contributed by atoms with van der Waals surface area (Å²) in [6.45, 7) is 54.5. The van der Waals surface area contributed by atoms with E-state index in [4.69, 9.17) is 6.42 Å². The maximum Gasteiger partial charge on any atom is 0.308 e. The number of hydrogen-bond acceptors (Lipinski definition) is 13. The molecule has 0 spiro atoms. The zero-order valence-electron chi connectivity index (χ0n) is 62.8. The highest BCUT2D eigenvalue weighted by Crippen LogP contribution is 2.31. The van der Waals surface area contributed by atoms with Crippen LogP contribution in [0.4, 0.5) is 35.1 Å². The number of hydrogen-bond donors (Lipinski definition) is 0. The number of allylic oxidation sites excluding steroid dienone is 3. The van der Waals surface area contributed by atoms with E-state index in [2.05, 4.69) is 91.5 Å². The predicted octanol–water partition coefficient (Wildman–Crippen LogP) is 20.1. The van der Waals surface area contributed by atoms with Crippen molar-refractivity contribution in [3.8, 4) is 12.3 Å². The number of terminal acetylenes is 1. The molecule has 0 amide bonds. The van der Waals surface area contributed by atoms with Crippen LogP contribution in [0.5, 0.6) is 0 Å². The zero-order valence-corrected chi connectivity index (χ0v) is 62.8. The van der Waals surface area contributed by atoms with Gasteiger partial charge in [0.1, 0.15) is 23.7 Å². The Bertz CT molecular complexity index is 3450. The average molecular weight is 1360 g/mol. The Hall–Kier alpha value is -8.41. The highest BCUT2D eigenvalue weighted by molar-refractivity contribution is 5.95. The van der Waals surface area contributed by atoms with E-state index < -0.39 is 29.9 Å². The predicted molar refractivity (Wildman–Crippen MR) is 381 cm³/mol. The van der Waals surface area contributed by atoms with Gasteiger partial charge in [-0.25, -0.2) is 59.8 Å². The molecule has 2 aliphatic rings. The van der Waals surface area contributed by atoms with Gasteiger partial charge in [-0.05, 0) is 64.3 Å². The minimum Gasteiger partial charge on any atom is -0.253 e. The summed E-state index contributed by atoms with van der Waals surface area (Å²) in [6, 6.07) is 17.8. The Labute approximate surface area is 579 Å². The summed E-state index contributed by atoms with van der Waals surface area (Å²) in [5.74, 6) is 1.17. The van der Waals surface area contributed by atoms with Gasteiger partial charge in [0.2, 0.25) is 35.7 Å². The van der Waals surface area contributed by atoms with Crippen molar-refractivity contribution < 1.29 is 35.1 Å². The SMILES string of the molecule is C#Cc1ccnc(C(C)(C)C)n1.CC(C)(C)C1=CCC(F)=N1.CC(C)(C)C1=CCN=C1F.CC(C)(C)c1cc(F)ncn1.CC(C)(C)c1cccc(F)n1.CC(C)(C)c1cccnc1F.CC(C)(C)c1ccnc(F)c1.CC(C)(C)c1ccnc(F)n1.CC(C)(C)c1nccc(F)n1. The molecule has 534 valence electrons. The maximum absolute atomic E-state index is 13.0. The van der Waals surface area contributed by atoms with Gasteiger partial charge in [-0.2, -0.15) is 35.1 Å². The van der Waals surface area contributed by atoms with E-state index in [1.165, 1.54) is 55.4 Å². The second-order valence-corrected chi connectivity index (χ2v) is 31.9. The number of aromatic nitrogens is 11. The van der Waals surface area contributed by atoms with Crippen LogP contribution in [0.15, 0.2) is 137 Å². The van der Waals surface area contributed by atoms with Gasteiger partial charge in [0.15, 0.2) is 5.97 Å². The lowest BCUT2D eigenvalue weighted by molar-refractivity contribution is 0.496. The molecule has 98 heavy (non-hydrogen) atoms. The van der Waals surface area contributed by atoms with Crippen molar-refractivity contribution in [3.05, 3.63) is 209 Å². The molecule has 0 unspecified atom stereocenters. The van der Waals surface area contributed by atoms with E-state index in [-0.39, 0.29) is 66.6 Å². The van der Waals surface area contributed by atoms with Crippen LogP contribution in [-0.2, 0) is 37.9 Å². The van der Waals surface area contributed by atoms with Gasteiger partial charge in [0.25, 0.3) is 0 Å². The van der Waals surface area contributed by atoms with Crippen LogP contribution in [0.25, 0.3) is 0 Å². The van der Waals surface area contributed by atoms with Crippen molar-refractivity contribution in [2.24, 2.45) is 20.8 Å². The van der Waals surface area contributed by atoms with E-state index in [1.807, 2.05) is 190 Å². The second kappa shape index (κ2) is 37.5. The Morgan fingerprint density at radius 3 is 1.24 bits per heavy atom. The first-order chi connectivity index (χ1) is 44.6. The van der Waals surface area contributed by atoms with Crippen LogP contribution in [0, 0.1) is 59.0 Å². The largest absolute Gasteiger partial charge is 0.308 e. The summed E-state index contributed by atoms with van der Waals surface area (Å²) in [4.78, 5) is 48.6. The van der Waals surface area contributed by atoms with Crippen molar-refractivity contribution in [2.45, 2.75) is 231 Å². The summed E-state index contributed by atoms with van der Waals surface area (Å²) >= 11 is 0. The topological polar surface area (TPSA) is 167 Å². The molecule has 9 rings (SSSR count). The summed E-state index contributed by atoms with van der Waals surface area (Å²) < 4.78 is 101. The van der Waals surface area contributed by atoms with Crippen LogP contribution in [0.2, 0.25) is 0 Å². The Morgan fingerprint density at radius 1 is 0.388 bits per heavy atom. The van der Waals surface area contributed by atoms with E-state index in [0.717, 1.165) is 39.7 Å². The molecule has 7 aromatic rings. The third-order valence-corrected chi connectivity index (χ3v) is 13.2. The van der Waals surface area contributed by atoms with E-state index in [9.17, 15) is 35.1 Å². The molecular weight excluding hydrogens is 1260 g/mol. The van der Waals surface area contributed by atoms with Crippen LogP contribution in [0.3, 0.4) is 0 Å². The number of halogens is 8. The quantitative estimate of drug-likeness (QED) is 0.0466. The molecule has 21 heteroatoms. The van der Waals surface area contributed by atoms with Gasteiger partial charge in [-0.3, -0.25) is 4.99 Å². The number of nitrogens with zero attached hydrogens (tertiary/aromatic N) is 13. The minimum absolute atomic E-state index is 0.00375. The Balaban J connectivity index is 0.000000551. The highest BCUT2D eigenvalue weighted by Gasteiger charge is 2.25. The monoisotopic (exact) mass is 1360 g/mol. The fourth-order valence-electron chi connectivity index (χ4n) is 7.51. The van der Waals surface area contributed by atoms with Gasteiger partial charge in [0, 0.05) is 105 Å². The second-order valence-electron chi connectivity index (χ2n) is 31.9. The van der Waals surface area contributed by atoms with Crippen LogP contribution >= 0.6 is 0 Å². The maximum atomic E-state index is 13.0. The first kappa shape index (κ1) is 87.6. The summed E-state index contributed by atoms with van der Waals surface area (Å²) in [5, 5.41) is 0. The summed E-state index contributed by atoms with van der Waals surface area (Å²) in [7, 11) is 0. The van der Waals surface area contributed by atoms with E-state index in [0.29, 0.717) is 30.0 Å². The van der Waals surface area contributed by atoms with Crippen molar-refractivity contribution in [1.29, 1.82) is 0 Å². The molecule has 0 N–H and O–H groups in total. The van der Waals surface area contributed by atoms with E-state index in [1.54, 1.807) is 36.5 Å². The standard InChI is InChI=1S/C10H12N2.3C9H12FN.3C8H11FN2.2C8H12FN/c1-5-8-6-7-11-9(12-8)10(2,3)4;1-9(2,3)7-4-5-11-8(10)6-7;1-9(2,3)7-5-4-6-11-8(7)10;1-9(2,3)7-5-4-6-8(10)11-7;1-8(2,3)6-4-7(9)11-5-10-6;1-8(2,3)7-10-5-4-6(9)11-7;1-8(2,3)6-4-5-10-7(9)11-6;1-8(2,3)6-4-5-10-7(6)9;1-8(2,3)6-4-5-7(9)10-6/h1,6-7H,2-4H3;3*4-6H,1-3H3;3*4-5H,1-3H3;2*4H,5H2,1-3H3. The molecule has 13 nitrogen and oxygen atoms in total. The van der Waals surface area contributed by atoms with Crippen molar-refractivity contribution >= 4 is 11.9 Å². The molecular formula is C77H105F8N13. The van der Waals surface area contributed by atoms with Gasteiger partial charge in [0.05, 0.1) is 17.9 Å². The molecule has 0 bridgehead atoms. The molecule has 0 saturated heterocycles. The Morgan fingerprint density at radius 2 is 0.908 bits per heavy atom. The molecule has 2 aliphatic heterocycles. The normalized spacial score (nSPS) is 13.0. The lowest BCUT2D eigenvalue weighted by Crippen LogP contribution is -2.16. The smallest absolute Gasteiger partial charge is 0.253 e. The van der Waals surface area contributed by atoms with Gasteiger partial charge >= 0.3 is 6.08 Å². The van der Waals surface area contributed by atoms with Crippen LogP contribution in [-0.4, -0.2) is 73.3 Å². The first-order valence-electron chi connectivity index (χ1n) is 32.0. The van der Waals surface area contributed by atoms with E-state index >= 15 is 0 Å². The van der Waals surface area contributed by atoms with Crippen molar-refractivity contribution in [3.63, 3.8) is 0 Å². The summed E-state index contributed by atoms with van der Waals surface area (Å²) in [6.07, 6.45) is 17.4. The third-order valence-electron chi connectivity index (χ3n) is 13.2. The minimum atomic E-state index is -0.655. The molecule has 0 fully saturated rings. The number of rotatable bonds is 0.